The average molecular weight is 308 g/mol. The maximum Gasteiger partial charge on any atom is 0.258 e. The molecule has 116 valence electrons. The molecule has 0 unspecified atom stereocenters. The maximum absolute atomic E-state index is 11.8. The Kier molecular flexibility index (Phi) is 4.63. The Morgan fingerprint density at radius 2 is 1.87 bits per heavy atom. The monoisotopic (exact) mass is 308 g/mol. The molecule has 1 heterocycles. The van der Waals surface area contributed by atoms with Crippen molar-refractivity contribution in [3.8, 4) is 11.4 Å². The molecule has 0 spiro atoms. The van der Waals surface area contributed by atoms with Crippen molar-refractivity contribution >= 4 is 5.91 Å². The van der Waals surface area contributed by atoms with E-state index in [0.717, 1.165) is 11.3 Å². The van der Waals surface area contributed by atoms with Gasteiger partial charge in [-0.3, -0.25) is 4.79 Å². The van der Waals surface area contributed by atoms with E-state index in [1.165, 1.54) is 6.33 Å². The zero-order valence-corrected chi connectivity index (χ0v) is 12.4. The highest BCUT2D eigenvalue weighted by Gasteiger charge is 2.03. The Morgan fingerprint density at radius 3 is 2.57 bits per heavy atom. The van der Waals surface area contributed by atoms with Crippen LogP contribution in [0.2, 0.25) is 0 Å². The van der Waals surface area contributed by atoms with Crippen molar-refractivity contribution < 1.29 is 9.53 Å². The van der Waals surface area contributed by atoms with Crippen molar-refractivity contribution in [2.24, 2.45) is 0 Å². The van der Waals surface area contributed by atoms with E-state index in [9.17, 15) is 4.79 Å². The van der Waals surface area contributed by atoms with Gasteiger partial charge in [-0.05, 0) is 29.8 Å². The molecule has 0 aliphatic rings. The number of amides is 1. The molecule has 1 amide bonds. The number of hydrogen-bond donors (Lipinski definition) is 1. The second-order valence-corrected chi connectivity index (χ2v) is 4.88. The first-order chi connectivity index (χ1) is 11.3. The minimum atomic E-state index is -0.158. The molecule has 1 aromatic heterocycles. The van der Waals surface area contributed by atoms with E-state index in [2.05, 4.69) is 15.4 Å². The second kappa shape index (κ2) is 7.22. The molecule has 0 aliphatic heterocycles. The van der Waals surface area contributed by atoms with Crippen LogP contribution < -0.4 is 10.1 Å². The summed E-state index contributed by atoms with van der Waals surface area (Å²) in [6.07, 6.45) is 3.12. The lowest BCUT2D eigenvalue weighted by molar-refractivity contribution is -0.123. The van der Waals surface area contributed by atoms with Crippen LogP contribution >= 0.6 is 0 Å². The molecular weight excluding hydrogens is 292 g/mol. The number of carbonyl (C=O) groups is 1. The Morgan fingerprint density at radius 1 is 1.09 bits per heavy atom. The SMILES string of the molecule is O=C(COc1ccccc1)NCc1ccc(-n2cncn2)cc1. The number of hydrogen-bond acceptors (Lipinski definition) is 4. The maximum atomic E-state index is 11.8. The summed E-state index contributed by atoms with van der Waals surface area (Å²) in [7, 11) is 0. The highest BCUT2D eigenvalue weighted by atomic mass is 16.5. The summed E-state index contributed by atoms with van der Waals surface area (Å²) in [5.41, 5.74) is 1.92. The fraction of sp³-hybridized carbons (Fsp3) is 0.118. The number of nitrogens with one attached hydrogen (secondary N) is 1. The molecule has 0 atom stereocenters. The van der Waals surface area contributed by atoms with Crippen molar-refractivity contribution in [2.45, 2.75) is 6.54 Å². The van der Waals surface area contributed by atoms with E-state index in [1.807, 2.05) is 54.6 Å². The summed E-state index contributed by atoms with van der Waals surface area (Å²) in [5, 5.41) is 6.89. The van der Waals surface area contributed by atoms with Crippen LogP contribution in [0.1, 0.15) is 5.56 Å². The molecule has 6 nitrogen and oxygen atoms in total. The van der Waals surface area contributed by atoms with Crippen molar-refractivity contribution in [1.29, 1.82) is 0 Å². The van der Waals surface area contributed by atoms with Crippen molar-refractivity contribution in [1.82, 2.24) is 20.1 Å². The standard InChI is InChI=1S/C17H16N4O2/c22-17(11-23-16-4-2-1-3-5-16)19-10-14-6-8-15(9-7-14)21-13-18-12-20-21/h1-9,12-13H,10-11H2,(H,19,22). The fourth-order valence-electron chi connectivity index (χ4n) is 2.03. The quantitative estimate of drug-likeness (QED) is 0.756. The van der Waals surface area contributed by atoms with Gasteiger partial charge in [0, 0.05) is 6.54 Å². The fourth-order valence-corrected chi connectivity index (χ4v) is 2.03. The summed E-state index contributed by atoms with van der Waals surface area (Å²) in [4.78, 5) is 15.7. The van der Waals surface area contributed by atoms with Crippen LogP contribution in [-0.4, -0.2) is 27.3 Å². The van der Waals surface area contributed by atoms with Crippen LogP contribution in [-0.2, 0) is 11.3 Å². The van der Waals surface area contributed by atoms with Crippen LogP contribution in [0.5, 0.6) is 5.75 Å². The molecule has 0 saturated carbocycles. The molecule has 2 aromatic carbocycles. The highest BCUT2D eigenvalue weighted by molar-refractivity contribution is 5.77. The lowest BCUT2D eigenvalue weighted by Gasteiger charge is -2.08. The zero-order valence-electron chi connectivity index (χ0n) is 12.4. The minimum absolute atomic E-state index is 0.00105. The molecule has 0 bridgehead atoms. The van der Waals surface area contributed by atoms with Crippen molar-refractivity contribution in [3.05, 3.63) is 72.8 Å². The van der Waals surface area contributed by atoms with Gasteiger partial charge in [0.1, 0.15) is 18.4 Å². The van der Waals surface area contributed by atoms with Gasteiger partial charge in [0.25, 0.3) is 5.91 Å². The zero-order chi connectivity index (χ0) is 15.9. The number of rotatable bonds is 6. The van der Waals surface area contributed by atoms with Gasteiger partial charge >= 0.3 is 0 Å². The van der Waals surface area contributed by atoms with E-state index in [4.69, 9.17) is 4.74 Å². The molecular formula is C17H16N4O2. The third-order valence-corrected chi connectivity index (χ3v) is 3.22. The highest BCUT2D eigenvalue weighted by Crippen LogP contribution is 2.09. The van der Waals surface area contributed by atoms with Gasteiger partial charge in [0.05, 0.1) is 5.69 Å². The van der Waals surface area contributed by atoms with Gasteiger partial charge in [-0.15, -0.1) is 0 Å². The Hall–Kier alpha value is -3.15. The van der Waals surface area contributed by atoms with Gasteiger partial charge in [0.15, 0.2) is 6.61 Å². The van der Waals surface area contributed by atoms with Crippen LogP contribution in [0.25, 0.3) is 5.69 Å². The normalized spacial score (nSPS) is 10.3. The van der Waals surface area contributed by atoms with Gasteiger partial charge in [0.2, 0.25) is 0 Å². The third-order valence-electron chi connectivity index (χ3n) is 3.22. The topological polar surface area (TPSA) is 69.0 Å². The Balaban J connectivity index is 1.47. The van der Waals surface area contributed by atoms with E-state index in [-0.39, 0.29) is 12.5 Å². The van der Waals surface area contributed by atoms with Gasteiger partial charge in [-0.25, -0.2) is 9.67 Å². The van der Waals surface area contributed by atoms with Crippen LogP contribution in [0.3, 0.4) is 0 Å². The molecule has 0 fully saturated rings. The second-order valence-electron chi connectivity index (χ2n) is 4.88. The number of benzene rings is 2. The van der Waals surface area contributed by atoms with Gasteiger partial charge < -0.3 is 10.1 Å². The summed E-state index contributed by atoms with van der Waals surface area (Å²) < 4.78 is 7.07. The van der Waals surface area contributed by atoms with Crippen LogP contribution in [0.4, 0.5) is 0 Å². The number of carbonyl (C=O) groups excluding carboxylic acids is 1. The van der Waals surface area contributed by atoms with Crippen LogP contribution in [0, 0.1) is 0 Å². The molecule has 0 radical (unpaired) electrons. The predicted octanol–water partition coefficient (Wildman–Crippen LogP) is 1.96. The smallest absolute Gasteiger partial charge is 0.258 e. The van der Waals surface area contributed by atoms with E-state index >= 15 is 0 Å². The number of nitrogens with zero attached hydrogens (tertiary/aromatic N) is 3. The largest absolute Gasteiger partial charge is 0.484 e. The lowest BCUT2D eigenvalue weighted by atomic mass is 10.2. The van der Waals surface area contributed by atoms with E-state index in [0.29, 0.717) is 12.3 Å². The van der Waals surface area contributed by atoms with Gasteiger partial charge in [-0.1, -0.05) is 30.3 Å². The molecule has 3 aromatic rings. The molecule has 0 saturated heterocycles. The third kappa shape index (κ3) is 4.16. The van der Waals surface area contributed by atoms with E-state index in [1.54, 1.807) is 11.0 Å². The molecule has 1 N–H and O–H groups in total. The number of para-hydroxylation sites is 1. The summed E-state index contributed by atoms with van der Waals surface area (Å²) in [6.45, 7) is 0.454. The first-order valence-corrected chi connectivity index (χ1v) is 7.20. The Bertz CT molecular complexity index is 740. The first-order valence-electron chi connectivity index (χ1n) is 7.20. The van der Waals surface area contributed by atoms with Gasteiger partial charge in [-0.2, -0.15) is 5.10 Å². The lowest BCUT2D eigenvalue weighted by Crippen LogP contribution is -2.28. The van der Waals surface area contributed by atoms with Crippen molar-refractivity contribution in [3.63, 3.8) is 0 Å². The molecule has 0 aliphatic carbocycles. The summed E-state index contributed by atoms with van der Waals surface area (Å²) in [6, 6.07) is 17.0. The Labute approximate surface area is 133 Å². The molecule has 23 heavy (non-hydrogen) atoms. The minimum Gasteiger partial charge on any atom is -0.484 e. The number of ether oxygens (including phenoxy) is 1. The average Bonchev–Trinajstić information content (AvgIpc) is 3.14. The predicted molar refractivity (Wildman–Crippen MR) is 85.1 cm³/mol. The molecule has 3 rings (SSSR count). The van der Waals surface area contributed by atoms with Crippen molar-refractivity contribution in [2.75, 3.05) is 6.61 Å². The summed E-state index contributed by atoms with van der Waals surface area (Å²) in [5.74, 6) is 0.522. The molecule has 6 heteroatoms. The number of aromatic nitrogens is 3. The van der Waals surface area contributed by atoms with E-state index < -0.39 is 0 Å². The summed E-state index contributed by atoms with van der Waals surface area (Å²) >= 11 is 0. The first kappa shape index (κ1) is 14.8. The van der Waals surface area contributed by atoms with Crippen LogP contribution in [0.15, 0.2) is 67.3 Å².